The van der Waals surface area contributed by atoms with Crippen molar-refractivity contribution < 1.29 is 4.79 Å². The molecule has 1 atom stereocenters. The normalized spacial score (nSPS) is 17.7. The lowest BCUT2D eigenvalue weighted by atomic mass is 10.0. The fraction of sp³-hybridized carbons (Fsp3) is 0.500. The summed E-state index contributed by atoms with van der Waals surface area (Å²) in [5, 5.41) is 3.04. The molecule has 0 radical (unpaired) electrons. The molecule has 0 aliphatic carbocycles. The van der Waals surface area contributed by atoms with Crippen LogP contribution in [0.4, 0.5) is 0 Å². The van der Waals surface area contributed by atoms with Crippen LogP contribution in [0.2, 0.25) is 0 Å². The van der Waals surface area contributed by atoms with Crippen molar-refractivity contribution in [3.8, 4) is 0 Å². The predicted molar refractivity (Wildman–Crippen MR) is 88.0 cm³/mol. The van der Waals surface area contributed by atoms with Crippen LogP contribution in [0, 0.1) is 0 Å². The molecule has 1 N–H and O–H groups in total. The summed E-state index contributed by atoms with van der Waals surface area (Å²) >= 11 is 0. The van der Waals surface area contributed by atoms with Crippen LogP contribution in [-0.2, 0) is 4.79 Å². The Morgan fingerprint density at radius 1 is 1.29 bits per heavy atom. The van der Waals surface area contributed by atoms with Crippen molar-refractivity contribution in [2.75, 3.05) is 19.6 Å². The number of likely N-dealkylation sites (tertiary alicyclic amines) is 1. The van der Waals surface area contributed by atoms with E-state index in [0.717, 1.165) is 37.2 Å². The Balaban J connectivity index is 1.88. The fourth-order valence-electron chi connectivity index (χ4n) is 2.81. The maximum Gasteiger partial charge on any atom is 0.244 e. The summed E-state index contributed by atoms with van der Waals surface area (Å²) < 4.78 is 0. The molecule has 21 heavy (non-hydrogen) atoms. The topological polar surface area (TPSA) is 32.3 Å². The molecule has 0 bridgehead atoms. The summed E-state index contributed by atoms with van der Waals surface area (Å²) in [5.74, 6) is 0.0155. The van der Waals surface area contributed by atoms with Gasteiger partial charge in [0.05, 0.1) is 0 Å². The van der Waals surface area contributed by atoms with Gasteiger partial charge in [0.2, 0.25) is 5.91 Å². The molecular formula is C18H26N2O. The molecule has 1 saturated heterocycles. The van der Waals surface area contributed by atoms with E-state index in [9.17, 15) is 4.79 Å². The largest absolute Gasteiger partial charge is 0.351 e. The number of benzene rings is 1. The van der Waals surface area contributed by atoms with Crippen LogP contribution in [0.5, 0.6) is 0 Å². The van der Waals surface area contributed by atoms with Crippen LogP contribution < -0.4 is 5.32 Å². The minimum Gasteiger partial charge on any atom is -0.351 e. The molecule has 1 amide bonds. The van der Waals surface area contributed by atoms with E-state index in [0.29, 0.717) is 6.04 Å². The van der Waals surface area contributed by atoms with E-state index in [-0.39, 0.29) is 5.91 Å². The van der Waals surface area contributed by atoms with Crippen molar-refractivity contribution >= 4 is 11.5 Å². The van der Waals surface area contributed by atoms with Gasteiger partial charge in [-0.3, -0.25) is 9.69 Å². The Morgan fingerprint density at radius 3 is 2.57 bits per heavy atom. The highest BCUT2D eigenvalue weighted by atomic mass is 16.1. The fourth-order valence-corrected chi connectivity index (χ4v) is 2.81. The molecule has 1 aromatic rings. The van der Waals surface area contributed by atoms with E-state index < -0.39 is 0 Å². The molecule has 1 aliphatic rings. The zero-order valence-electron chi connectivity index (χ0n) is 13.1. The minimum absolute atomic E-state index is 0.0155. The Bertz CT molecular complexity index is 475. The highest BCUT2D eigenvalue weighted by molar-refractivity contribution is 5.95. The zero-order valence-corrected chi connectivity index (χ0v) is 13.1. The first-order valence-electron chi connectivity index (χ1n) is 7.98. The van der Waals surface area contributed by atoms with Gasteiger partial charge in [0.25, 0.3) is 0 Å². The summed E-state index contributed by atoms with van der Waals surface area (Å²) in [7, 11) is 0. The summed E-state index contributed by atoms with van der Waals surface area (Å²) in [4.78, 5) is 14.5. The van der Waals surface area contributed by atoms with E-state index in [2.05, 4.69) is 36.2 Å². The van der Waals surface area contributed by atoms with Crippen molar-refractivity contribution in [1.82, 2.24) is 10.2 Å². The summed E-state index contributed by atoms with van der Waals surface area (Å²) in [5.41, 5.74) is 2.21. The Kier molecular flexibility index (Phi) is 6.00. The smallest absolute Gasteiger partial charge is 0.244 e. The number of amides is 1. The molecule has 0 spiro atoms. The van der Waals surface area contributed by atoms with Gasteiger partial charge in [0.1, 0.15) is 0 Å². The number of allylic oxidation sites excluding steroid dienone is 1. The molecule has 2 rings (SSSR count). The van der Waals surface area contributed by atoms with Crippen molar-refractivity contribution in [3.63, 3.8) is 0 Å². The van der Waals surface area contributed by atoms with Crippen molar-refractivity contribution in [2.24, 2.45) is 0 Å². The zero-order chi connectivity index (χ0) is 15.1. The van der Waals surface area contributed by atoms with Gasteiger partial charge in [-0.25, -0.2) is 0 Å². The van der Waals surface area contributed by atoms with Gasteiger partial charge in [-0.1, -0.05) is 37.3 Å². The van der Waals surface area contributed by atoms with Gasteiger partial charge in [-0.15, -0.1) is 0 Å². The number of rotatable bonds is 6. The highest BCUT2D eigenvalue weighted by Gasteiger charge is 2.18. The van der Waals surface area contributed by atoms with Gasteiger partial charge in [0, 0.05) is 18.7 Å². The van der Waals surface area contributed by atoms with Crippen LogP contribution in [0.25, 0.3) is 5.57 Å². The van der Waals surface area contributed by atoms with Crippen LogP contribution >= 0.6 is 0 Å². The molecular weight excluding hydrogens is 260 g/mol. The number of carbonyl (C=O) groups excluding carboxylic acids is 1. The second-order valence-corrected chi connectivity index (χ2v) is 5.73. The third-order valence-corrected chi connectivity index (χ3v) is 4.17. The second-order valence-electron chi connectivity index (χ2n) is 5.73. The third kappa shape index (κ3) is 4.71. The number of hydrogen-bond acceptors (Lipinski definition) is 2. The first-order chi connectivity index (χ1) is 10.2. The molecule has 1 heterocycles. The molecule has 1 fully saturated rings. The van der Waals surface area contributed by atoms with E-state index in [4.69, 9.17) is 0 Å². The number of nitrogens with one attached hydrogen (secondary N) is 1. The Hall–Kier alpha value is -1.61. The Morgan fingerprint density at radius 2 is 1.95 bits per heavy atom. The van der Waals surface area contributed by atoms with E-state index in [1.807, 2.05) is 18.2 Å². The SMILES string of the molecule is CC/C(=C\C(=O)NCC(C)N1CCCC1)c1ccccc1. The van der Waals surface area contributed by atoms with Crippen LogP contribution in [0.1, 0.15) is 38.7 Å². The highest BCUT2D eigenvalue weighted by Crippen LogP contribution is 2.17. The molecule has 1 aliphatic heterocycles. The number of hydrogen-bond donors (Lipinski definition) is 1. The van der Waals surface area contributed by atoms with Crippen LogP contribution in [0.3, 0.4) is 0 Å². The molecule has 1 aromatic carbocycles. The van der Waals surface area contributed by atoms with Crippen LogP contribution in [0.15, 0.2) is 36.4 Å². The van der Waals surface area contributed by atoms with Gasteiger partial charge in [0.15, 0.2) is 0 Å². The first-order valence-corrected chi connectivity index (χ1v) is 7.98. The van der Waals surface area contributed by atoms with Gasteiger partial charge >= 0.3 is 0 Å². The van der Waals surface area contributed by atoms with Crippen molar-refractivity contribution in [2.45, 2.75) is 39.2 Å². The predicted octanol–water partition coefficient (Wildman–Crippen LogP) is 3.08. The van der Waals surface area contributed by atoms with Gasteiger partial charge < -0.3 is 5.32 Å². The molecule has 0 aromatic heterocycles. The average Bonchev–Trinajstić information content (AvgIpc) is 3.05. The summed E-state index contributed by atoms with van der Waals surface area (Å²) in [6.07, 6.45) is 5.17. The van der Waals surface area contributed by atoms with Gasteiger partial charge in [-0.05, 0) is 50.4 Å². The lowest BCUT2D eigenvalue weighted by Crippen LogP contribution is -2.40. The molecule has 0 saturated carbocycles. The monoisotopic (exact) mass is 286 g/mol. The number of nitrogens with zero attached hydrogens (tertiary/aromatic N) is 1. The van der Waals surface area contributed by atoms with E-state index in [1.54, 1.807) is 6.08 Å². The maximum atomic E-state index is 12.1. The Labute approximate surface area is 128 Å². The quantitative estimate of drug-likeness (QED) is 0.815. The maximum absolute atomic E-state index is 12.1. The molecule has 3 nitrogen and oxygen atoms in total. The third-order valence-electron chi connectivity index (χ3n) is 4.17. The summed E-state index contributed by atoms with van der Waals surface area (Å²) in [6, 6.07) is 10.5. The molecule has 3 heteroatoms. The van der Waals surface area contributed by atoms with Crippen molar-refractivity contribution in [3.05, 3.63) is 42.0 Å². The standard InChI is InChI=1S/C18H26N2O/c1-3-16(17-9-5-4-6-10-17)13-18(21)19-14-15(2)20-11-7-8-12-20/h4-6,9-10,13,15H,3,7-8,11-12,14H2,1-2H3,(H,19,21)/b16-13+. The van der Waals surface area contributed by atoms with Crippen LogP contribution in [-0.4, -0.2) is 36.5 Å². The lowest BCUT2D eigenvalue weighted by molar-refractivity contribution is -0.116. The summed E-state index contributed by atoms with van der Waals surface area (Å²) in [6.45, 7) is 7.32. The minimum atomic E-state index is 0.0155. The van der Waals surface area contributed by atoms with E-state index >= 15 is 0 Å². The van der Waals surface area contributed by atoms with Crippen molar-refractivity contribution in [1.29, 1.82) is 0 Å². The molecule has 1 unspecified atom stereocenters. The number of carbonyl (C=O) groups is 1. The van der Waals surface area contributed by atoms with Gasteiger partial charge in [-0.2, -0.15) is 0 Å². The lowest BCUT2D eigenvalue weighted by Gasteiger charge is -2.23. The molecule has 114 valence electrons. The second kappa shape index (κ2) is 7.99. The van der Waals surface area contributed by atoms with E-state index in [1.165, 1.54) is 12.8 Å². The average molecular weight is 286 g/mol. The first kappa shape index (κ1) is 15.8.